The van der Waals surface area contributed by atoms with E-state index in [1.54, 1.807) is 6.08 Å². The van der Waals surface area contributed by atoms with Crippen LogP contribution in [0.5, 0.6) is 6.01 Å². The van der Waals surface area contributed by atoms with Crippen LogP contribution in [0.4, 0.5) is 0 Å². The van der Waals surface area contributed by atoms with E-state index >= 15 is 0 Å². The molecular weight excluding hydrogens is 406 g/mol. The summed E-state index contributed by atoms with van der Waals surface area (Å²) in [5.41, 5.74) is 6.36. The van der Waals surface area contributed by atoms with E-state index in [0.717, 1.165) is 37.7 Å². The minimum atomic E-state index is -0.401. The Labute approximate surface area is 187 Å². The Morgan fingerprint density at radius 3 is 2.56 bits per heavy atom. The zero-order valence-corrected chi connectivity index (χ0v) is 18.4. The summed E-state index contributed by atoms with van der Waals surface area (Å²) in [5.74, 6) is 0.594. The van der Waals surface area contributed by atoms with Crippen LogP contribution in [0.1, 0.15) is 53.8 Å². The number of nitrogens with zero attached hydrogens (tertiary/aromatic N) is 3. The smallest absolute Gasteiger partial charge is 0.320 e. The summed E-state index contributed by atoms with van der Waals surface area (Å²) in [4.78, 5) is 13.7. The molecule has 7 heteroatoms. The third kappa shape index (κ3) is 3.56. The molecule has 166 valence electrons. The Bertz CT molecular complexity index is 1170. The van der Waals surface area contributed by atoms with E-state index in [2.05, 4.69) is 28.2 Å². The first-order valence-electron chi connectivity index (χ1n) is 11.1. The largest absolute Gasteiger partial charge is 0.511 e. The van der Waals surface area contributed by atoms with E-state index in [1.807, 2.05) is 0 Å². The normalized spacial score (nSPS) is 19.9. The van der Waals surface area contributed by atoms with Gasteiger partial charge in [-0.2, -0.15) is 9.97 Å². The van der Waals surface area contributed by atoms with E-state index < -0.39 is 6.10 Å². The lowest BCUT2D eigenvalue weighted by Crippen LogP contribution is -2.17. The van der Waals surface area contributed by atoms with Gasteiger partial charge in [0.2, 0.25) is 0 Å². The highest BCUT2D eigenvalue weighted by atomic mass is 16.5. The van der Waals surface area contributed by atoms with E-state index in [9.17, 15) is 10.2 Å². The molecule has 1 aromatic carbocycles. The van der Waals surface area contributed by atoms with Crippen molar-refractivity contribution >= 4 is 11.6 Å². The van der Waals surface area contributed by atoms with Crippen LogP contribution < -0.4 is 4.74 Å². The number of ether oxygens (including phenoxy) is 2. The second-order valence-electron chi connectivity index (χ2n) is 8.43. The molecule has 1 heterocycles. The molecule has 0 aliphatic heterocycles. The quantitative estimate of drug-likeness (QED) is 0.732. The average Bonchev–Trinajstić information content (AvgIpc) is 2.81. The minimum Gasteiger partial charge on any atom is -0.511 e. The maximum atomic E-state index is 10.7. The molecule has 0 saturated carbocycles. The first-order chi connectivity index (χ1) is 15.6. The van der Waals surface area contributed by atoms with Crippen molar-refractivity contribution in [2.45, 2.75) is 51.0 Å². The van der Waals surface area contributed by atoms with Crippen LogP contribution in [0.15, 0.2) is 29.7 Å². The number of allylic oxidation sites excluding steroid dienone is 2. The third-order valence-electron chi connectivity index (χ3n) is 6.48. The van der Waals surface area contributed by atoms with Gasteiger partial charge in [-0.25, -0.2) is 4.98 Å². The van der Waals surface area contributed by atoms with Gasteiger partial charge in [0.15, 0.2) is 11.6 Å². The van der Waals surface area contributed by atoms with Crippen LogP contribution in [-0.4, -0.2) is 45.5 Å². The highest BCUT2D eigenvalue weighted by molar-refractivity contribution is 5.79. The maximum absolute atomic E-state index is 10.7. The standard InChI is InChI=1S/C25H27N3O4/c1-31-16-12-19(29)22(20(30)13-16)24-26-23(27-25(28-24)32-2)21-17-9-5-3-7-14(17)11-15-8-4-6-10-18(15)21/h3,7,11-12,16,29-30H,4-6,8-10,13H2,1-2H3. The summed E-state index contributed by atoms with van der Waals surface area (Å²) in [6.07, 6.45) is 12.0. The van der Waals surface area contributed by atoms with Crippen molar-refractivity contribution < 1.29 is 19.7 Å². The average molecular weight is 434 g/mol. The fourth-order valence-corrected chi connectivity index (χ4v) is 4.93. The van der Waals surface area contributed by atoms with Gasteiger partial charge in [-0.05, 0) is 66.9 Å². The molecule has 0 spiro atoms. The predicted molar refractivity (Wildman–Crippen MR) is 121 cm³/mol. The first-order valence-corrected chi connectivity index (χ1v) is 11.1. The lowest BCUT2D eigenvalue weighted by Gasteiger charge is -2.25. The number of rotatable bonds is 4. The summed E-state index contributed by atoms with van der Waals surface area (Å²) in [5, 5.41) is 21.3. The van der Waals surface area contributed by atoms with Crippen LogP contribution in [0.25, 0.3) is 23.0 Å². The third-order valence-corrected chi connectivity index (χ3v) is 6.48. The molecule has 7 nitrogen and oxygen atoms in total. The molecule has 2 aromatic rings. The topological polar surface area (TPSA) is 97.6 Å². The molecule has 3 aliphatic carbocycles. The van der Waals surface area contributed by atoms with Crippen LogP contribution in [-0.2, 0) is 24.0 Å². The number of methoxy groups -OCH3 is 2. The van der Waals surface area contributed by atoms with Crippen LogP contribution in [0.2, 0.25) is 0 Å². The maximum Gasteiger partial charge on any atom is 0.320 e. The monoisotopic (exact) mass is 433 g/mol. The summed E-state index contributed by atoms with van der Waals surface area (Å²) in [6.45, 7) is 0. The highest BCUT2D eigenvalue weighted by Gasteiger charge is 2.28. The zero-order valence-electron chi connectivity index (χ0n) is 18.4. The molecule has 32 heavy (non-hydrogen) atoms. The molecular formula is C25H27N3O4. The van der Waals surface area contributed by atoms with E-state index in [4.69, 9.17) is 14.5 Å². The van der Waals surface area contributed by atoms with Gasteiger partial charge in [0.05, 0.1) is 18.8 Å². The minimum absolute atomic E-state index is 0.0175. The van der Waals surface area contributed by atoms with E-state index in [0.29, 0.717) is 5.82 Å². The number of aliphatic hydroxyl groups is 2. The van der Waals surface area contributed by atoms with Crippen molar-refractivity contribution in [1.82, 2.24) is 15.0 Å². The molecule has 1 aromatic heterocycles. The summed E-state index contributed by atoms with van der Waals surface area (Å²) in [7, 11) is 3.04. The second-order valence-corrected chi connectivity index (χ2v) is 8.43. The lowest BCUT2D eigenvalue weighted by atomic mass is 9.80. The molecule has 3 aliphatic rings. The van der Waals surface area contributed by atoms with Crippen LogP contribution in [0, 0.1) is 0 Å². The Morgan fingerprint density at radius 2 is 1.78 bits per heavy atom. The number of fused-ring (bicyclic) bond motifs is 2. The van der Waals surface area contributed by atoms with Gasteiger partial charge in [-0.15, -0.1) is 0 Å². The van der Waals surface area contributed by atoms with Gasteiger partial charge in [-0.3, -0.25) is 0 Å². The molecule has 0 bridgehead atoms. The summed E-state index contributed by atoms with van der Waals surface area (Å²) >= 11 is 0. The van der Waals surface area contributed by atoms with Crippen molar-refractivity contribution in [3.05, 3.63) is 57.8 Å². The van der Waals surface area contributed by atoms with Gasteiger partial charge in [-0.1, -0.05) is 18.2 Å². The lowest BCUT2D eigenvalue weighted by molar-refractivity contribution is 0.125. The van der Waals surface area contributed by atoms with Crippen molar-refractivity contribution in [2.75, 3.05) is 14.2 Å². The van der Waals surface area contributed by atoms with E-state index in [1.165, 1.54) is 42.9 Å². The van der Waals surface area contributed by atoms with Gasteiger partial charge in [0, 0.05) is 19.1 Å². The molecule has 1 atom stereocenters. The van der Waals surface area contributed by atoms with E-state index in [-0.39, 0.29) is 35.3 Å². The van der Waals surface area contributed by atoms with Crippen LogP contribution >= 0.6 is 0 Å². The fourth-order valence-electron chi connectivity index (χ4n) is 4.93. The number of hydrogen-bond donors (Lipinski definition) is 2. The van der Waals surface area contributed by atoms with Crippen LogP contribution in [0.3, 0.4) is 0 Å². The number of benzene rings is 1. The van der Waals surface area contributed by atoms with Crippen molar-refractivity contribution in [3.63, 3.8) is 0 Å². The SMILES string of the molecule is COc1nc(C2=C(O)CC(OC)C=C2O)nc(-c2c3c(cc4c2CCCC4)C=CCC3)n1. The number of hydrogen-bond acceptors (Lipinski definition) is 7. The molecule has 0 radical (unpaired) electrons. The van der Waals surface area contributed by atoms with Crippen molar-refractivity contribution in [3.8, 4) is 17.4 Å². The zero-order chi connectivity index (χ0) is 22.2. The predicted octanol–water partition coefficient (Wildman–Crippen LogP) is 4.52. The van der Waals surface area contributed by atoms with Gasteiger partial charge < -0.3 is 19.7 Å². The fraction of sp³-hybridized carbons (Fsp3) is 0.400. The summed E-state index contributed by atoms with van der Waals surface area (Å²) in [6, 6.07) is 2.47. The number of aliphatic hydroxyl groups excluding tert-OH is 2. The molecule has 2 N–H and O–H groups in total. The number of aryl methyl sites for hydroxylation is 1. The Morgan fingerprint density at radius 1 is 0.969 bits per heavy atom. The van der Waals surface area contributed by atoms with Crippen molar-refractivity contribution in [2.24, 2.45) is 0 Å². The van der Waals surface area contributed by atoms with Gasteiger partial charge in [0.25, 0.3) is 0 Å². The van der Waals surface area contributed by atoms with Crippen molar-refractivity contribution in [1.29, 1.82) is 0 Å². The Kier molecular flexibility index (Phi) is 5.43. The highest BCUT2D eigenvalue weighted by Crippen LogP contribution is 2.39. The number of aromatic nitrogens is 3. The van der Waals surface area contributed by atoms with Gasteiger partial charge >= 0.3 is 6.01 Å². The molecule has 1 unspecified atom stereocenters. The Balaban J connectivity index is 1.72. The molecule has 0 saturated heterocycles. The molecule has 5 rings (SSSR count). The molecule has 0 amide bonds. The van der Waals surface area contributed by atoms with Gasteiger partial charge in [0.1, 0.15) is 11.5 Å². The summed E-state index contributed by atoms with van der Waals surface area (Å²) < 4.78 is 10.7. The Hall–Kier alpha value is -3.19. The molecule has 0 fully saturated rings. The first kappa shape index (κ1) is 20.7. The second kappa shape index (κ2) is 8.39.